The summed E-state index contributed by atoms with van der Waals surface area (Å²) in [6.45, 7) is 6.55. The Balaban J connectivity index is 1.54. The number of aromatic nitrogens is 2. The molecule has 1 unspecified atom stereocenters. The summed E-state index contributed by atoms with van der Waals surface area (Å²) in [5.74, 6) is 0.790. The largest absolute Gasteiger partial charge is 0.361 e. The second kappa shape index (κ2) is 7.15. The standard InChI is InChI=1S/C20H22N4O2S/c1-12-19(13(2)26-23-12)18-8-5-9-24(18)20(25)22-16-7-4-6-15(10-16)17-11-27-14(3)21-17/h4,6-7,10-11,18H,5,8-9H2,1-3H3,(H,22,25). The maximum Gasteiger partial charge on any atom is 0.322 e. The van der Waals surface area contributed by atoms with Crippen molar-refractivity contribution in [3.63, 3.8) is 0 Å². The lowest BCUT2D eigenvalue weighted by Crippen LogP contribution is -2.34. The van der Waals surface area contributed by atoms with Crippen LogP contribution in [0.1, 0.15) is 40.9 Å². The van der Waals surface area contributed by atoms with E-state index in [4.69, 9.17) is 4.52 Å². The predicted octanol–water partition coefficient (Wildman–Crippen LogP) is 5.09. The zero-order chi connectivity index (χ0) is 19.0. The highest BCUT2D eigenvalue weighted by molar-refractivity contribution is 7.09. The summed E-state index contributed by atoms with van der Waals surface area (Å²) in [6.07, 6.45) is 1.90. The number of rotatable bonds is 3. The summed E-state index contributed by atoms with van der Waals surface area (Å²) in [5, 5.41) is 10.1. The van der Waals surface area contributed by atoms with Crippen LogP contribution in [0.4, 0.5) is 10.5 Å². The third kappa shape index (κ3) is 3.47. The van der Waals surface area contributed by atoms with E-state index in [1.54, 1.807) is 11.3 Å². The lowest BCUT2D eigenvalue weighted by Gasteiger charge is -2.25. The molecule has 4 rings (SSSR count). The van der Waals surface area contributed by atoms with Crippen LogP contribution in [0, 0.1) is 20.8 Å². The van der Waals surface area contributed by atoms with Gasteiger partial charge in [0.05, 0.1) is 22.4 Å². The average Bonchev–Trinajstić information content (AvgIpc) is 3.36. The number of anilines is 1. The molecular weight excluding hydrogens is 360 g/mol. The van der Waals surface area contributed by atoms with Gasteiger partial charge in [-0.25, -0.2) is 9.78 Å². The maximum absolute atomic E-state index is 12.9. The minimum absolute atomic E-state index is 0.0145. The monoisotopic (exact) mass is 382 g/mol. The van der Waals surface area contributed by atoms with Gasteiger partial charge < -0.3 is 14.7 Å². The van der Waals surface area contributed by atoms with Crippen molar-refractivity contribution in [1.29, 1.82) is 0 Å². The maximum atomic E-state index is 12.9. The van der Waals surface area contributed by atoms with Gasteiger partial charge in [-0.3, -0.25) is 0 Å². The van der Waals surface area contributed by atoms with Crippen molar-refractivity contribution in [3.8, 4) is 11.3 Å². The summed E-state index contributed by atoms with van der Waals surface area (Å²) in [5.41, 5.74) is 4.60. The van der Waals surface area contributed by atoms with E-state index in [1.807, 2.05) is 55.3 Å². The Labute approximate surface area is 162 Å². The summed E-state index contributed by atoms with van der Waals surface area (Å²) in [6, 6.07) is 7.74. The summed E-state index contributed by atoms with van der Waals surface area (Å²) in [4.78, 5) is 19.3. The topological polar surface area (TPSA) is 71.3 Å². The van der Waals surface area contributed by atoms with Crippen molar-refractivity contribution in [2.24, 2.45) is 0 Å². The number of carbonyl (C=O) groups is 1. The minimum atomic E-state index is -0.0934. The zero-order valence-corrected chi connectivity index (χ0v) is 16.5. The first kappa shape index (κ1) is 17.7. The molecule has 1 fully saturated rings. The van der Waals surface area contributed by atoms with E-state index >= 15 is 0 Å². The van der Waals surface area contributed by atoms with Gasteiger partial charge in [-0.05, 0) is 45.7 Å². The first-order valence-electron chi connectivity index (χ1n) is 9.06. The van der Waals surface area contributed by atoms with E-state index in [0.717, 1.165) is 58.4 Å². The molecule has 0 radical (unpaired) electrons. The number of thiazole rings is 1. The molecule has 0 saturated carbocycles. The van der Waals surface area contributed by atoms with Crippen LogP contribution < -0.4 is 5.32 Å². The second-order valence-electron chi connectivity index (χ2n) is 6.85. The number of nitrogens with one attached hydrogen (secondary N) is 1. The number of urea groups is 1. The lowest BCUT2D eigenvalue weighted by atomic mass is 10.0. The molecule has 1 atom stereocenters. The molecule has 6 nitrogen and oxygen atoms in total. The van der Waals surface area contributed by atoms with Gasteiger partial charge in [0.15, 0.2) is 0 Å². The van der Waals surface area contributed by atoms with Crippen LogP contribution in [-0.4, -0.2) is 27.6 Å². The number of amides is 2. The van der Waals surface area contributed by atoms with Crippen molar-refractivity contribution >= 4 is 23.1 Å². The Morgan fingerprint density at radius 1 is 1.33 bits per heavy atom. The summed E-state index contributed by atoms with van der Waals surface area (Å²) >= 11 is 1.62. The molecule has 1 aliphatic rings. The van der Waals surface area contributed by atoms with Gasteiger partial charge in [0.2, 0.25) is 0 Å². The van der Waals surface area contributed by atoms with Gasteiger partial charge in [-0.15, -0.1) is 11.3 Å². The molecule has 27 heavy (non-hydrogen) atoms. The molecule has 140 valence electrons. The number of likely N-dealkylation sites (tertiary alicyclic amines) is 1. The van der Waals surface area contributed by atoms with Crippen molar-refractivity contribution in [2.45, 2.75) is 39.7 Å². The van der Waals surface area contributed by atoms with Crippen LogP contribution in [0.15, 0.2) is 34.2 Å². The number of hydrogen-bond donors (Lipinski definition) is 1. The molecule has 7 heteroatoms. The van der Waals surface area contributed by atoms with E-state index < -0.39 is 0 Å². The Morgan fingerprint density at radius 2 is 2.19 bits per heavy atom. The number of aryl methyl sites for hydroxylation is 3. The van der Waals surface area contributed by atoms with E-state index in [2.05, 4.69) is 15.5 Å². The molecule has 3 heterocycles. The number of nitrogens with zero attached hydrogens (tertiary/aromatic N) is 3. The summed E-state index contributed by atoms with van der Waals surface area (Å²) < 4.78 is 5.31. The predicted molar refractivity (Wildman–Crippen MR) is 106 cm³/mol. The third-order valence-corrected chi connectivity index (χ3v) is 5.74. The molecule has 2 aromatic heterocycles. The fourth-order valence-corrected chi connectivity index (χ4v) is 4.35. The van der Waals surface area contributed by atoms with Crippen molar-refractivity contribution in [3.05, 3.63) is 51.7 Å². The highest BCUT2D eigenvalue weighted by Crippen LogP contribution is 2.36. The van der Waals surface area contributed by atoms with Crippen molar-refractivity contribution in [1.82, 2.24) is 15.0 Å². The Morgan fingerprint density at radius 3 is 2.89 bits per heavy atom. The SMILES string of the molecule is Cc1nc(-c2cccc(NC(=O)N3CCCC3c3c(C)noc3C)c2)cs1. The zero-order valence-electron chi connectivity index (χ0n) is 15.7. The van der Waals surface area contributed by atoms with Gasteiger partial charge in [-0.2, -0.15) is 0 Å². The number of hydrogen-bond acceptors (Lipinski definition) is 5. The first-order valence-corrected chi connectivity index (χ1v) is 9.94. The lowest BCUT2D eigenvalue weighted by molar-refractivity contribution is 0.206. The molecule has 0 bridgehead atoms. The third-order valence-electron chi connectivity index (χ3n) is 4.96. The van der Waals surface area contributed by atoms with Crippen LogP contribution in [0.25, 0.3) is 11.3 Å². The smallest absolute Gasteiger partial charge is 0.322 e. The van der Waals surface area contributed by atoms with Gasteiger partial charge >= 0.3 is 6.03 Å². The fourth-order valence-electron chi connectivity index (χ4n) is 3.72. The number of carbonyl (C=O) groups excluding carboxylic acids is 1. The van der Waals surface area contributed by atoms with Crippen LogP contribution in [-0.2, 0) is 0 Å². The van der Waals surface area contributed by atoms with Crippen LogP contribution in [0.2, 0.25) is 0 Å². The van der Waals surface area contributed by atoms with Crippen molar-refractivity contribution in [2.75, 3.05) is 11.9 Å². The van der Waals surface area contributed by atoms with Crippen LogP contribution in [0.5, 0.6) is 0 Å². The Kier molecular flexibility index (Phi) is 4.70. The fraction of sp³-hybridized carbons (Fsp3) is 0.350. The van der Waals surface area contributed by atoms with E-state index in [1.165, 1.54) is 0 Å². The average molecular weight is 382 g/mol. The molecule has 0 aliphatic carbocycles. The Bertz CT molecular complexity index is 959. The van der Waals surface area contributed by atoms with E-state index in [9.17, 15) is 4.79 Å². The minimum Gasteiger partial charge on any atom is -0.361 e. The van der Waals surface area contributed by atoms with Gasteiger partial charge in [0.1, 0.15) is 5.76 Å². The van der Waals surface area contributed by atoms with Gasteiger partial charge in [0, 0.05) is 28.7 Å². The molecule has 2 amide bonds. The number of benzene rings is 1. The van der Waals surface area contributed by atoms with Gasteiger partial charge in [0.25, 0.3) is 0 Å². The second-order valence-corrected chi connectivity index (χ2v) is 7.91. The molecule has 1 N–H and O–H groups in total. The molecule has 1 saturated heterocycles. The van der Waals surface area contributed by atoms with Crippen LogP contribution >= 0.6 is 11.3 Å². The van der Waals surface area contributed by atoms with Gasteiger partial charge in [-0.1, -0.05) is 17.3 Å². The highest BCUT2D eigenvalue weighted by atomic mass is 32.1. The van der Waals surface area contributed by atoms with E-state index in [-0.39, 0.29) is 12.1 Å². The molecule has 0 spiro atoms. The Hall–Kier alpha value is -2.67. The normalized spacial score (nSPS) is 16.7. The molecule has 1 aromatic carbocycles. The van der Waals surface area contributed by atoms with Crippen molar-refractivity contribution < 1.29 is 9.32 Å². The quantitative estimate of drug-likeness (QED) is 0.685. The highest BCUT2D eigenvalue weighted by Gasteiger charge is 2.33. The summed E-state index contributed by atoms with van der Waals surface area (Å²) in [7, 11) is 0. The molecular formula is C20H22N4O2S. The molecule has 3 aromatic rings. The van der Waals surface area contributed by atoms with Crippen LogP contribution in [0.3, 0.4) is 0 Å². The first-order chi connectivity index (χ1) is 13.0. The molecule has 1 aliphatic heterocycles. The van der Waals surface area contributed by atoms with E-state index in [0.29, 0.717) is 0 Å².